The van der Waals surface area contributed by atoms with Gasteiger partial charge in [0.1, 0.15) is 0 Å². The molecule has 140 valence electrons. The van der Waals surface area contributed by atoms with E-state index in [1.165, 1.54) is 27.3 Å². The molecule has 0 bridgehead atoms. The Morgan fingerprint density at radius 3 is 2.68 bits per heavy atom. The van der Waals surface area contributed by atoms with Gasteiger partial charge in [-0.1, -0.05) is 72.6 Å². The van der Waals surface area contributed by atoms with Gasteiger partial charge in [-0.05, 0) is 47.0 Å². The molecule has 0 unspecified atom stereocenters. The summed E-state index contributed by atoms with van der Waals surface area (Å²) in [5.41, 5.74) is 5.58. The van der Waals surface area contributed by atoms with Crippen LogP contribution >= 0.6 is 23.2 Å². The van der Waals surface area contributed by atoms with Crippen molar-refractivity contribution in [2.45, 2.75) is 19.9 Å². The first-order valence-corrected chi connectivity index (χ1v) is 10.4. The lowest BCUT2D eigenvalue weighted by atomic mass is 9.89. The van der Waals surface area contributed by atoms with Crippen LogP contribution in [0.4, 0.5) is 0 Å². The normalized spacial score (nSPS) is 14.5. The Labute approximate surface area is 174 Å². The summed E-state index contributed by atoms with van der Waals surface area (Å²) >= 11 is 12.9. The highest BCUT2D eigenvalue weighted by atomic mass is 35.5. The summed E-state index contributed by atoms with van der Waals surface area (Å²) in [7, 11) is 0. The molecular formula is C24H20Cl2N2. The topological polar surface area (TPSA) is 16.1 Å². The third-order valence-corrected chi connectivity index (χ3v) is 6.62. The van der Waals surface area contributed by atoms with Crippen molar-refractivity contribution in [2.24, 2.45) is 0 Å². The van der Waals surface area contributed by atoms with Crippen LogP contribution in [0.25, 0.3) is 32.9 Å². The number of hydrogen-bond acceptors (Lipinski definition) is 2. The molecule has 0 fully saturated rings. The average Bonchev–Trinajstić information content (AvgIpc) is 2.74. The molecular weight excluding hydrogens is 387 g/mol. The van der Waals surface area contributed by atoms with E-state index < -0.39 is 0 Å². The first-order chi connectivity index (χ1) is 13.7. The second-order valence-electron chi connectivity index (χ2n) is 7.32. The Kier molecular flexibility index (Phi) is 4.51. The molecule has 0 saturated carbocycles. The second-order valence-corrected chi connectivity index (χ2v) is 8.10. The maximum absolute atomic E-state index is 6.60. The molecule has 4 aromatic rings. The van der Waals surface area contributed by atoms with Gasteiger partial charge in [-0.25, -0.2) is 4.98 Å². The summed E-state index contributed by atoms with van der Waals surface area (Å²) in [6.45, 7) is 5.18. The summed E-state index contributed by atoms with van der Waals surface area (Å²) in [6, 6.07) is 18.7. The number of halogens is 2. The lowest BCUT2D eigenvalue weighted by Gasteiger charge is -2.30. The van der Waals surface area contributed by atoms with Gasteiger partial charge in [0, 0.05) is 24.0 Å². The fraction of sp³-hybridized carbons (Fsp3) is 0.208. The zero-order valence-electron chi connectivity index (χ0n) is 15.7. The van der Waals surface area contributed by atoms with Crippen molar-refractivity contribution in [3.8, 4) is 11.3 Å². The Hall–Kier alpha value is -2.13. The van der Waals surface area contributed by atoms with Gasteiger partial charge in [0.2, 0.25) is 0 Å². The van der Waals surface area contributed by atoms with Crippen LogP contribution in [0.2, 0.25) is 10.0 Å². The van der Waals surface area contributed by atoms with Crippen molar-refractivity contribution in [2.75, 3.05) is 13.1 Å². The van der Waals surface area contributed by atoms with Gasteiger partial charge in [-0.15, -0.1) is 0 Å². The van der Waals surface area contributed by atoms with E-state index in [1.807, 2.05) is 18.2 Å². The molecule has 0 atom stereocenters. The van der Waals surface area contributed by atoms with Crippen molar-refractivity contribution < 1.29 is 0 Å². The third kappa shape index (κ3) is 2.79. The maximum Gasteiger partial charge on any atom is 0.0773 e. The number of rotatable bonds is 2. The molecule has 0 amide bonds. The minimum Gasteiger partial charge on any atom is -0.299 e. The molecule has 0 aliphatic carbocycles. The molecule has 2 nitrogen and oxygen atoms in total. The lowest BCUT2D eigenvalue weighted by Crippen LogP contribution is -2.31. The van der Waals surface area contributed by atoms with Crippen LogP contribution < -0.4 is 0 Å². The summed E-state index contributed by atoms with van der Waals surface area (Å²) in [4.78, 5) is 7.57. The van der Waals surface area contributed by atoms with Gasteiger partial charge in [-0.2, -0.15) is 0 Å². The Morgan fingerprint density at radius 1 is 0.964 bits per heavy atom. The smallest absolute Gasteiger partial charge is 0.0773 e. The highest BCUT2D eigenvalue weighted by Gasteiger charge is 2.24. The van der Waals surface area contributed by atoms with E-state index >= 15 is 0 Å². The number of nitrogens with zero attached hydrogens (tertiary/aromatic N) is 2. The van der Waals surface area contributed by atoms with Crippen molar-refractivity contribution in [1.82, 2.24) is 9.88 Å². The van der Waals surface area contributed by atoms with Gasteiger partial charge in [0.25, 0.3) is 0 Å². The number of benzene rings is 3. The van der Waals surface area contributed by atoms with Crippen molar-refractivity contribution in [1.29, 1.82) is 0 Å². The summed E-state index contributed by atoms with van der Waals surface area (Å²) < 4.78 is 0. The molecule has 1 aromatic heterocycles. The number of hydrogen-bond donors (Lipinski definition) is 0. The summed E-state index contributed by atoms with van der Waals surface area (Å²) in [6.07, 6.45) is 1.02. The van der Waals surface area contributed by atoms with E-state index in [0.29, 0.717) is 10.0 Å². The Morgan fingerprint density at radius 2 is 1.82 bits per heavy atom. The third-order valence-electron chi connectivity index (χ3n) is 5.80. The standard InChI is InChI=1S/C24H20Cl2N2/c1-2-28-13-12-17-19(14-28)24(18-8-5-9-20(25)23(18)26)27-21-11-10-15-6-3-4-7-16(15)22(17)21/h3-11H,2,12-14H2,1H3. The average molecular weight is 407 g/mol. The van der Waals surface area contributed by atoms with Gasteiger partial charge in [0.05, 0.1) is 21.3 Å². The van der Waals surface area contributed by atoms with Crippen LogP contribution in [0.3, 0.4) is 0 Å². The van der Waals surface area contributed by atoms with Crippen molar-refractivity contribution in [3.63, 3.8) is 0 Å². The molecule has 5 rings (SSSR count). The highest BCUT2D eigenvalue weighted by Crippen LogP contribution is 2.40. The van der Waals surface area contributed by atoms with E-state index in [1.54, 1.807) is 0 Å². The Bertz CT molecular complexity index is 1220. The monoisotopic (exact) mass is 406 g/mol. The van der Waals surface area contributed by atoms with E-state index in [2.05, 4.69) is 48.2 Å². The minimum absolute atomic E-state index is 0.566. The first-order valence-electron chi connectivity index (χ1n) is 9.67. The quantitative estimate of drug-likeness (QED) is 0.342. The molecule has 2 heterocycles. The van der Waals surface area contributed by atoms with Crippen molar-refractivity contribution in [3.05, 3.63) is 75.8 Å². The summed E-state index contributed by atoms with van der Waals surface area (Å²) in [5, 5.41) is 4.96. The Balaban J connectivity index is 1.89. The number of likely N-dealkylation sites (N-methyl/N-ethyl adjacent to an activating group) is 1. The minimum atomic E-state index is 0.566. The van der Waals surface area contributed by atoms with Crippen LogP contribution in [0.5, 0.6) is 0 Å². The molecule has 28 heavy (non-hydrogen) atoms. The van der Waals surface area contributed by atoms with Crippen LogP contribution in [-0.2, 0) is 13.0 Å². The second kappa shape index (κ2) is 7.04. The number of pyridine rings is 1. The highest BCUT2D eigenvalue weighted by molar-refractivity contribution is 6.43. The lowest BCUT2D eigenvalue weighted by molar-refractivity contribution is 0.269. The zero-order chi connectivity index (χ0) is 19.3. The predicted molar refractivity (Wildman–Crippen MR) is 119 cm³/mol. The molecule has 0 radical (unpaired) electrons. The SMILES string of the molecule is CCN1CCc2c(c(-c3cccc(Cl)c3Cl)nc3ccc4ccccc4c23)C1. The molecule has 1 aliphatic rings. The fourth-order valence-electron chi connectivity index (χ4n) is 4.35. The molecule has 0 N–H and O–H groups in total. The fourth-order valence-corrected chi connectivity index (χ4v) is 4.74. The van der Waals surface area contributed by atoms with Gasteiger partial charge in [0.15, 0.2) is 0 Å². The maximum atomic E-state index is 6.60. The number of fused-ring (bicyclic) bond motifs is 5. The largest absolute Gasteiger partial charge is 0.299 e. The zero-order valence-corrected chi connectivity index (χ0v) is 17.2. The molecule has 1 aliphatic heterocycles. The van der Waals surface area contributed by atoms with Gasteiger partial charge in [-0.3, -0.25) is 4.90 Å². The van der Waals surface area contributed by atoms with E-state index in [4.69, 9.17) is 28.2 Å². The molecule has 0 saturated heterocycles. The van der Waals surface area contributed by atoms with E-state index in [0.717, 1.165) is 42.8 Å². The van der Waals surface area contributed by atoms with E-state index in [-0.39, 0.29) is 0 Å². The van der Waals surface area contributed by atoms with Gasteiger partial charge >= 0.3 is 0 Å². The predicted octanol–water partition coefficient (Wildman–Crippen LogP) is 6.74. The van der Waals surface area contributed by atoms with E-state index in [9.17, 15) is 0 Å². The van der Waals surface area contributed by atoms with Gasteiger partial charge < -0.3 is 0 Å². The molecule has 4 heteroatoms. The van der Waals surface area contributed by atoms with Crippen LogP contribution in [-0.4, -0.2) is 23.0 Å². The molecule has 3 aromatic carbocycles. The van der Waals surface area contributed by atoms with Crippen LogP contribution in [0.1, 0.15) is 18.1 Å². The number of aromatic nitrogens is 1. The van der Waals surface area contributed by atoms with Crippen LogP contribution in [0, 0.1) is 0 Å². The van der Waals surface area contributed by atoms with Crippen LogP contribution in [0.15, 0.2) is 54.6 Å². The van der Waals surface area contributed by atoms with Crippen molar-refractivity contribution >= 4 is 44.9 Å². The molecule has 0 spiro atoms. The summed E-state index contributed by atoms with van der Waals surface area (Å²) in [5.74, 6) is 0. The first kappa shape index (κ1) is 17.9.